The molecule has 3 atom stereocenters. The summed E-state index contributed by atoms with van der Waals surface area (Å²) in [5.41, 5.74) is 1.49. The van der Waals surface area contributed by atoms with Crippen molar-refractivity contribution >= 4 is 0 Å². The monoisotopic (exact) mass is 196 g/mol. The van der Waals surface area contributed by atoms with E-state index in [2.05, 4.69) is 34.3 Å². The lowest BCUT2D eigenvalue weighted by atomic mass is 9.88. The summed E-state index contributed by atoms with van der Waals surface area (Å²) in [6.07, 6.45) is 2.75. The van der Waals surface area contributed by atoms with Gasteiger partial charge in [0.1, 0.15) is 0 Å². The third kappa shape index (κ3) is 3.48. The van der Waals surface area contributed by atoms with Gasteiger partial charge in [-0.2, -0.15) is 0 Å². The maximum Gasteiger partial charge on any atom is -0.0203 e. The Balaban J connectivity index is 0.000000791. The molecule has 1 rings (SSSR count). The molecule has 0 aromatic heterocycles. The largest absolute Gasteiger partial charge is 0.0993 e. The van der Waals surface area contributed by atoms with Gasteiger partial charge >= 0.3 is 0 Å². The molecule has 0 bridgehead atoms. The van der Waals surface area contributed by atoms with Crippen LogP contribution in [-0.2, 0) is 0 Å². The molecule has 0 aliphatic heterocycles. The molecule has 1 saturated carbocycles. The van der Waals surface area contributed by atoms with Crippen LogP contribution in [0.3, 0.4) is 0 Å². The summed E-state index contributed by atoms with van der Waals surface area (Å²) in [5.74, 6) is 3.29. The van der Waals surface area contributed by atoms with Crippen molar-refractivity contribution in [2.75, 3.05) is 0 Å². The quantitative estimate of drug-likeness (QED) is 0.551. The van der Waals surface area contributed by atoms with E-state index < -0.39 is 0 Å². The van der Waals surface area contributed by atoms with E-state index in [1.54, 1.807) is 0 Å². The standard InChI is InChI=1S/C12H22.C2H6/c1-8(2)6-12-7-9(3)10(4)11(12)5;1-2/h8-9,11-12H,4,6-7H2,1-3,5H3;1-2H3. The molecule has 0 N–H and O–H groups in total. The molecule has 0 spiro atoms. The van der Waals surface area contributed by atoms with Crippen molar-refractivity contribution in [1.29, 1.82) is 0 Å². The molecule has 1 fully saturated rings. The average Bonchev–Trinajstić information content (AvgIpc) is 2.36. The van der Waals surface area contributed by atoms with Gasteiger partial charge in [0.2, 0.25) is 0 Å². The first-order valence-corrected chi connectivity index (χ1v) is 6.21. The van der Waals surface area contributed by atoms with Crippen molar-refractivity contribution in [2.45, 2.75) is 54.4 Å². The van der Waals surface area contributed by atoms with Crippen LogP contribution in [-0.4, -0.2) is 0 Å². The number of rotatable bonds is 2. The fraction of sp³-hybridized carbons (Fsp3) is 0.857. The van der Waals surface area contributed by atoms with E-state index in [1.807, 2.05) is 13.8 Å². The second kappa shape index (κ2) is 6.27. The lowest BCUT2D eigenvalue weighted by Crippen LogP contribution is -2.07. The molecule has 0 aromatic carbocycles. The van der Waals surface area contributed by atoms with Gasteiger partial charge in [-0.3, -0.25) is 0 Å². The summed E-state index contributed by atoms with van der Waals surface area (Å²) in [6, 6.07) is 0. The summed E-state index contributed by atoms with van der Waals surface area (Å²) < 4.78 is 0. The Labute approximate surface area is 90.8 Å². The fourth-order valence-electron chi connectivity index (χ4n) is 2.47. The summed E-state index contributed by atoms with van der Waals surface area (Å²) >= 11 is 0. The normalized spacial score (nSPS) is 31.6. The minimum Gasteiger partial charge on any atom is -0.0993 e. The summed E-state index contributed by atoms with van der Waals surface area (Å²) in [5, 5.41) is 0. The molecular formula is C14H28. The number of hydrogen-bond acceptors (Lipinski definition) is 0. The van der Waals surface area contributed by atoms with Gasteiger partial charge in [-0.1, -0.05) is 53.7 Å². The highest BCUT2D eigenvalue weighted by molar-refractivity contribution is 5.11. The second-order valence-corrected chi connectivity index (χ2v) is 4.89. The van der Waals surface area contributed by atoms with Crippen molar-refractivity contribution in [2.24, 2.45) is 23.7 Å². The van der Waals surface area contributed by atoms with E-state index in [-0.39, 0.29) is 0 Å². The van der Waals surface area contributed by atoms with Crippen LogP contribution in [0.2, 0.25) is 0 Å². The third-order valence-corrected chi connectivity index (χ3v) is 3.36. The first kappa shape index (κ1) is 13.7. The van der Waals surface area contributed by atoms with Crippen LogP contribution in [0.15, 0.2) is 12.2 Å². The second-order valence-electron chi connectivity index (χ2n) is 4.89. The van der Waals surface area contributed by atoms with Gasteiger partial charge in [-0.05, 0) is 36.5 Å². The van der Waals surface area contributed by atoms with Gasteiger partial charge < -0.3 is 0 Å². The zero-order valence-corrected chi connectivity index (χ0v) is 10.9. The minimum absolute atomic E-state index is 0.766. The van der Waals surface area contributed by atoms with Gasteiger partial charge in [-0.15, -0.1) is 0 Å². The molecule has 3 unspecified atom stereocenters. The smallest absolute Gasteiger partial charge is 0.0203 e. The van der Waals surface area contributed by atoms with Crippen LogP contribution in [0.4, 0.5) is 0 Å². The molecule has 0 amide bonds. The Morgan fingerprint density at radius 2 is 1.79 bits per heavy atom. The Morgan fingerprint density at radius 1 is 1.29 bits per heavy atom. The van der Waals surface area contributed by atoms with E-state index in [9.17, 15) is 0 Å². The SMILES string of the molecule is C=C1C(C)CC(CC(C)C)C1C.CC. The molecule has 0 saturated heterocycles. The molecule has 84 valence electrons. The zero-order chi connectivity index (χ0) is 11.3. The van der Waals surface area contributed by atoms with E-state index in [1.165, 1.54) is 18.4 Å². The molecule has 1 aliphatic carbocycles. The van der Waals surface area contributed by atoms with Gasteiger partial charge in [0.05, 0.1) is 0 Å². The van der Waals surface area contributed by atoms with Gasteiger partial charge in [0.15, 0.2) is 0 Å². The zero-order valence-electron chi connectivity index (χ0n) is 10.9. The predicted molar refractivity (Wildman–Crippen MR) is 66.4 cm³/mol. The first-order valence-electron chi connectivity index (χ1n) is 6.21. The van der Waals surface area contributed by atoms with Crippen LogP contribution in [0.5, 0.6) is 0 Å². The van der Waals surface area contributed by atoms with Crippen molar-refractivity contribution in [3.8, 4) is 0 Å². The van der Waals surface area contributed by atoms with Crippen LogP contribution < -0.4 is 0 Å². The van der Waals surface area contributed by atoms with Crippen molar-refractivity contribution in [3.63, 3.8) is 0 Å². The molecule has 0 heterocycles. The lowest BCUT2D eigenvalue weighted by Gasteiger charge is -2.17. The highest BCUT2D eigenvalue weighted by atomic mass is 14.4. The molecule has 0 aromatic rings. The van der Waals surface area contributed by atoms with Crippen molar-refractivity contribution < 1.29 is 0 Å². The topological polar surface area (TPSA) is 0 Å². The molecule has 0 radical (unpaired) electrons. The highest BCUT2D eigenvalue weighted by Gasteiger charge is 2.31. The van der Waals surface area contributed by atoms with E-state index in [4.69, 9.17) is 0 Å². The minimum atomic E-state index is 0.766. The van der Waals surface area contributed by atoms with Gasteiger partial charge in [0, 0.05) is 0 Å². The van der Waals surface area contributed by atoms with Crippen LogP contribution in [0.1, 0.15) is 54.4 Å². The third-order valence-electron chi connectivity index (χ3n) is 3.36. The Hall–Kier alpha value is -0.260. The van der Waals surface area contributed by atoms with E-state index in [0.29, 0.717) is 0 Å². The summed E-state index contributed by atoms with van der Waals surface area (Å²) in [4.78, 5) is 0. The maximum atomic E-state index is 4.17. The highest BCUT2D eigenvalue weighted by Crippen LogP contribution is 2.42. The van der Waals surface area contributed by atoms with Crippen LogP contribution in [0, 0.1) is 23.7 Å². The molecular weight excluding hydrogens is 168 g/mol. The number of hydrogen-bond donors (Lipinski definition) is 0. The van der Waals surface area contributed by atoms with Crippen LogP contribution >= 0.6 is 0 Å². The Bertz CT molecular complexity index is 167. The Kier molecular flexibility index (Phi) is 6.15. The first-order chi connectivity index (χ1) is 6.52. The molecule has 0 nitrogen and oxygen atoms in total. The fourth-order valence-corrected chi connectivity index (χ4v) is 2.47. The maximum absolute atomic E-state index is 4.17. The van der Waals surface area contributed by atoms with Crippen LogP contribution in [0.25, 0.3) is 0 Å². The average molecular weight is 196 g/mol. The van der Waals surface area contributed by atoms with E-state index in [0.717, 1.165) is 23.7 Å². The lowest BCUT2D eigenvalue weighted by molar-refractivity contribution is 0.353. The van der Waals surface area contributed by atoms with Gasteiger partial charge in [-0.25, -0.2) is 0 Å². The molecule has 1 aliphatic rings. The predicted octanol–water partition coefficient (Wildman–Crippen LogP) is 4.91. The summed E-state index contributed by atoms with van der Waals surface area (Å²) in [6.45, 7) is 17.5. The van der Waals surface area contributed by atoms with Gasteiger partial charge in [0.25, 0.3) is 0 Å². The van der Waals surface area contributed by atoms with E-state index >= 15 is 0 Å². The van der Waals surface area contributed by atoms with Crippen molar-refractivity contribution in [1.82, 2.24) is 0 Å². The Morgan fingerprint density at radius 3 is 2.07 bits per heavy atom. The number of allylic oxidation sites excluding steroid dienone is 1. The molecule has 0 heteroatoms. The summed E-state index contributed by atoms with van der Waals surface area (Å²) in [7, 11) is 0. The molecule has 14 heavy (non-hydrogen) atoms. The van der Waals surface area contributed by atoms with Crippen molar-refractivity contribution in [3.05, 3.63) is 12.2 Å².